The van der Waals surface area contributed by atoms with Crippen molar-refractivity contribution in [1.29, 1.82) is 0 Å². The van der Waals surface area contributed by atoms with Gasteiger partial charge < -0.3 is 10.5 Å². The standard InChI is InChI=1S/C14H12FNO3S/c1-8-2-7-11(20-8)14(18)19-12(13(16)17)9-3-5-10(15)6-4-9/h2-7,12H,1H3,(H2,16,17)/t12-/m0/s1. The van der Waals surface area contributed by atoms with Crippen molar-refractivity contribution in [2.75, 3.05) is 0 Å². The molecule has 0 bridgehead atoms. The lowest BCUT2D eigenvalue weighted by atomic mass is 10.1. The molecule has 0 aliphatic rings. The Hall–Kier alpha value is -2.21. The molecular formula is C14H12FNO3S. The normalized spacial score (nSPS) is 11.9. The predicted octanol–water partition coefficient (Wildman–Crippen LogP) is 2.58. The van der Waals surface area contributed by atoms with Gasteiger partial charge in [-0.3, -0.25) is 4.79 Å². The Morgan fingerprint density at radius 2 is 1.85 bits per heavy atom. The Bertz CT molecular complexity index is 636. The van der Waals surface area contributed by atoms with E-state index in [4.69, 9.17) is 10.5 Å². The summed E-state index contributed by atoms with van der Waals surface area (Å²) in [6.07, 6.45) is -1.23. The molecule has 1 atom stereocenters. The number of esters is 1. The molecule has 0 saturated heterocycles. The molecule has 0 spiro atoms. The van der Waals surface area contributed by atoms with Gasteiger partial charge in [0, 0.05) is 10.4 Å². The van der Waals surface area contributed by atoms with Crippen LogP contribution in [0.2, 0.25) is 0 Å². The number of primary amides is 1. The van der Waals surface area contributed by atoms with E-state index in [2.05, 4.69) is 0 Å². The minimum Gasteiger partial charge on any atom is -0.443 e. The van der Waals surface area contributed by atoms with Gasteiger partial charge in [0.2, 0.25) is 6.10 Å². The molecule has 20 heavy (non-hydrogen) atoms. The average Bonchev–Trinajstić information content (AvgIpc) is 2.83. The van der Waals surface area contributed by atoms with Crippen molar-refractivity contribution in [3.63, 3.8) is 0 Å². The second-order valence-electron chi connectivity index (χ2n) is 4.15. The number of ether oxygens (including phenoxy) is 1. The van der Waals surface area contributed by atoms with Crippen LogP contribution < -0.4 is 5.73 Å². The molecule has 1 amide bonds. The van der Waals surface area contributed by atoms with Crippen LogP contribution in [0, 0.1) is 12.7 Å². The van der Waals surface area contributed by atoms with E-state index >= 15 is 0 Å². The third kappa shape index (κ3) is 3.21. The van der Waals surface area contributed by atoms with Crippen LogP contribution in [0.5, 0.6) is 0 Å². The van der Waals surface area contributed by atoms with E-state index in [1.54, 1.807) is 12.1 Å². The Morgan fingerprint density at radius 1 is 1.20 bits per heavy atom. The molecule has 0 aliphatic heterocycles. The fourth-order valence-corrected chi connectivity index (χ4v) is 2.39. The van der Waals surface area contributed by atoms with Gasteiger partial charge in [0.15, 0.2) is 0 Å². The van der Waals surface area contributed by atoms with E-state index in [1.807, 2.05) is 6.92 Å². The molecule has 0 saturated carbocycles. The maximum atomic E-state index is 12.9. The van der Waals surface area contributed by atoms with E-state index in [0.29, 0.717) is 10.4 Å². The zero-order valence-corrected chi connectivity index (χ0v) is 11.4. The summed E-state index contributed by atoms with van der Waals surface area (Å²) in [6, 6.07) is 8.46. The molecule has 2 aromatic rings. The lowest BCUT2D eigenvalue weighted by Gasteiger charge is -2.14. The first-order valence-corrected chi connectivity index (χ1v) is 6.61. The number of halogens is 1. The van der Waals surface area contributed by atoms with E-state index in [9.17, 15) is 14.0 Å². The van der Waals surface area contributed by atoms with Crippen LogP contribution >= 0.6 is 11.3 Å². The Balaban J connectivity index is 2.20. The highest BCUT2D eigenvalue weighted by Gasteiger charge is 2.24. The number of nitrogens with two attached hydrogens (primary N) is 1. The van der Waals surface area contributed by atoms with E-state index in [-0.39, 0.29) is 0 Å². The highest BCUT2D eigenvalue weighted by Crippen LogP contribution is 2.22. The summed E-state index contributed by atoms with van der Waals surface area (Å²) in [7, 11) is 0. The number of amides is 1. The lowest BCUT2D eigenvalue weighted by Crippen LogP contribution is -2.26. The molecule has 104 valence electrons. The maximum absolute atomic E-state index is 12.9. The summed E-state index contributed by atoms with van der Waals surface area (Å²) < 4.78 is 18.0. The molecule has 0 aliphatic carbocycles. The molecule has 1 aromatic heterocycles. The first-order chi connectivity index (χ1) is 9.47. The Kier molecular flexibility index (Phi) is 4.14. The zero-order chi connectivity index (χ0) is 14.7. The third-order valence-corrected chi connectivity index (χ3v) is 3.58. The van der Waals surface area contributed by atoms with Gasteiger partial charge in [-0.25, -0.2) is 9.18 Å². The van der Waals surface area contributed by atoms with Gasteiger partial charge in [0.25, 0.3) is 5.91 Å². The van der Waals surface area contributed by atoms with Crippen LogP contribution in [-0.2, 0) is 9.53 Å². The van der Waals surface area contributed by atoms with Crippen molar-refractivity contribution in [2.45, 2.75) is 13.0 Å². The number of hydrogen-bond acceptors (Lipinski definition) is 4. The number of carbonyl (C=O) groups is 2. The first kappa shape index (κ1) is 14.2. The van der Waals surface area contributed by atoms with E-state index in [0.717, 1.165) is 4.88 Å². The van der Waals surface area contributed by atoms with Gasteiger partial charge in [-0.05, 0) is 31.2 Å². The summed E-state index contributed by atoms with van der Waals surface area (Å²) in [5, 5.41) is 0. The molecular weight excluding hydrogens is 281 g/mol. The monoisotopic (exact) mass is 293 g/mol. The van der Waals surface area contributed by atoms with Gasteiger partial charge in [0.1, 0.15) is 10.7 Å². The minimum absolute atomic E-state index is 0.334. The van der Waals surface area contributed by atoms with Crippen LogP contribution in [0.25, 0.3) is 0 Å². The Morgan fingerprint density at radius 3 is 2.35 bits per heavy atom. The number of thiophene rings is 1. The predicted molar refractivity (Wildman–Crippen MR) is 72.8 cm³/mol. The zero-order valence-electron chi connectivity index (χ0n) is 10.6. The Labute approximate surface area is 119 Å². The number of aryl methyl sites for hydroxylation is 1. The summed E-state index contributed by atoms with van der Waals surface area (Å²) in [6.45, 7) is 1.85. The summed E-state index contributed by atoms with van der Waals surface area (Å²) in [5.74, 6) is -1.88. The molecule has 1 aromatic carbocycles. The first-order valence-electron chi connectivity index (χ1n) is 5.79. The molecule has 0 fully saturated rings. The van der Waals surface area contributed by atoms with Crippen molar-refractivity contribution >= 4 is 23.2 Å². The third-order valence-electron chi connectivity index (χ3n) is 2.60. The average molecular weight is 293 g/mol. The molecule has 4 nitrogen and oxygen atoms in total. The molecule has 2 rings (SSSR count). The highest BCUT2D eigenvalue weighted by molar-refractivity contribution is 7.13. The second kappa shape index (κ2) is 5.83. The van der Waals surface area contributed by atoms with Crippen LogP contribution in [0.15, 0.2) is 36.4 Å². The SMILES string of the molecule is Cc1ccc(C(=O)O[C@H](C(N)=O)c2ccc(F)cc2)s1. The van der Waals surface area contributed by atoms with Crippen molar-refractivity contribution < 1.29 is 18.7 Å². The van der Waals surface area contributed by atoms with Gasteiger partial charge >= 0.3 is 5.97 Å². The molecule has 2 N–H and O–H groups in total. The van der Waals surface area contributed by atoms with Gasteiger partial charge in [-0.1, -0.05) is 12.1 Å². The van der Waals surface area contributed by atoms with Crippen molar-refractivity contribution in [3.05, 3.63) is 57.5 Å². The van der Waals surface area contributed by atoms with Crippen molar-refractivity contribution in [2.24, 2.45) is 5.73 Å². The van der Waals surface area contributed by atoms with Crippen LogP contribution in [-0.4, -0.2) is 11.9 Å². The summed E-state index contributed by atoms with van der Waals surface area (Å²) in [4.78, 5) is 24.7. The number of rotatable bonds is 4. The van der Waals surface area contributed by atoms with Gasteiger partial charge in [-0.15, -0.1) is 11.3 Å². The van der Waals surface area contributed by atoms with Crippen LogP contribution in [0.3, 0.4) is 0 Å². The molecule has 0 unspecified atom stereocenters. The number of benzene rings is 1. The summed E-state index contributed by atoms with van der Waals surface area (Å²) >= 11 is 1.26. The van der Waals surface area contributed by atoms with Crippen molar-refractivity contribution in [1.82, 2.24) is 0 Å². The quantitative estimate of drug-likeness (QED) is 0.881. The molecule has 0 radical (unpaired) electrons. The van der Waals surface area contributed by atoms with E-state index in [1.165, 1.54) is 35.6 Å². The smallest absolute Gasteiger partial charge is 0.349 e. The van der Waals surface area contributed by atoms with Gasteiger partial charge in [-0.2, -0.15) is 0 Å². The maximum Gasteiger partial charge on any atom is 0.349 e. The fraction of sp³-hybridized carbons (Fsp3) is 0.143. The topological polar surface area (TPSA) is 69.4 Å². The fourth-order valence-electron chi connectivity index (χ4n) is 1.64. The number of carbonyl (C=O) groups excluding carboxylic acids is 2. The minimum atomic E-state index is -1.23. The number of hydrogen-bond donors (Lipinski definition) is 1. The van der Waals surface area contributed by atoms with E-state index < -0.39 is 23.8 Å². The van der Waals surface area contributed by atoms with Crippen LogP contribution in [0.1, 0.15) is 26.2 Å². The van der Waals surface area contributed by atoms with Crippen molar-refractivity contribution in [3.8, 4) is 0 Å². The lowest BCUT2D eigenvalue weighted by molar-refractivity contribution is -0.127. The highest BCUT2D eigenvalue weighted by atomic mass is 32.1. The molecule has 6 heteroatoms. The summed E-state index contributed by atoms with van der Waals surface area (Å²) in [5.41, 5.74) is 5.57. The second-order valence-corrected chi connectivity index (χ2v) is 5.44. The van der Waals surface area contributed by atoms with Gasteiger partial charge in [0.05, 0.1) is 0 Å². The molecule has 1 heterocycles. The largest absolute Gasteiger partial charge is 0.443 e. The van der Waals surface area contributed by atoms with Crippen LogP contribution in [0.4, 0.5) is 4.39 Å².